The third kappa shape index (κ3) is 5.10. The van der Waals surface area contributed by atoms with E-state index >= 15 is 0 Å². The smallest absolute Gasteiger partial charge is 0.233 e. The number of nitrogens with one attached hydrogen (secondary N) is 2. The number of rotatable bonds is 6. The molecule has 0 bridgehead atoms. The van der Waals surface area contributed by atoms with E-state index in [0.29, 0.717) is 17.8 Å². The lowest BCUT2D eigenvalue weighted by Crippen LogP contribution is -2.21. The zero-order chi connectivity index (χ0) is 20.2. The van der Waals surface area contributed by atoms with Gasteiger partial charge in [-0.1, -0.05) is 6.07 Å². The van der Waals surface area contributed by atoms with Gasteiger partial charge in [-0.3, -0.25) is 0 Å². The van der Waals surface area contributed by atoms with Crippen molar-refractivity contribution in [3.8, 4) is 5.75 Å². The predicted molar refractivity (Wildman–Crippen MR) is 124 cm³/mol. The molecule has 30 heavy (non-hydrogen) atoms. The summed E-state index contributed by atoms with van der Waals surface area (Å²) in [5.74, 6) is 2.54. The molecule has 8 heteroatoms. The number of methoxy groups -OCH3 is 1. The summed E-state index contributed by atoms with van der Waals surface area (Å²) in [5.41, 5.74) is 4.33. The minimum atomic E-state index is 0. The number of anilines is 5. The van der Waals surface area contributed by atoms with Gasteiger partial charge in [0.25, 0.3) is 0 Å². The fraction of sp³-hybridized carbons (Fsp3) is 0.318. The Bertz CT molecular complexity index is 989. The molecule has 0 aliphatic carbocycles. The normalized spacial score (nSPS) is 13.0. The Morgan fingerprint density at radius 3 is 2.00 bits per heavy atom. The highest BCUT2D eigenvalue weighted by Crippen LogP contribution is 2.24. The molecule has 1 aliphatic rings. The second-order valence-electron chi connectivity index (χ2n) is 7.25. The van der Waals surface area contributed by atoms with Gasteiger partial charge in [0.2, 0.25) is 17.8 Å². The van der Waals surface area contributed by atoms with Gasteiger partial charge in [0, 0.05) is 24.5 Å². The average molecular weight is 427 g/mol. The number of nitrogens with zero attached hydrogens (tertiary/aromatic N) is 4. The molecule has 2 N–H and O–H groups in total. The summed E-state index contributed by atoms with van der Waals surface area (Å²) < 4.78 is 5.22. The van der Waals surface area contributed by atoms with Crippen molar-refractivity contribution in [1.29, 1.82) is 0 Å². The van der Waals surface area contributed by atoms with Gasteiger partial charge >= 0.3 is 0 Å². The number of hydrogen-bond acceptors (Lipinski definition) is 7. The van der Waals surface area contributed by atoms with Crippen molar-refractivity contribution in [2.45, 2.75) is 26.7 Å². The molecule has 3 aromatic rings. The Morgan fingerprint density at radius 1 is 0.800 bits per heavy atom. The first-order valence-corrected chi connectivity index (χ1v) is 9.87. The molecule has 1 aromatic heterocycles. The predicted octanol–water partition coefficient (Wildman–Crippen LogP) is 5.01. The molecule has 0 atom stereocenters. The lowest BCUT2D eigenvalue weighted by atomic mass is 10.1. The maximum Gasteiger partial charge on any atom is 0.233 e. The minimum Gasteiger partial charge on any atom is -0.497 e. The van der Waals surface area contributed by atoms with Crippen LogP contribution in [0.4, 0.5) is 29.2 Å². The molecule has 1 fully saturated rings. The molecule has 1 aliphatic heterocycles. The zero-order valence-electron chi connectivity index (χ0n) is 17.5. The Labute approximate surface area is 183 Å². The van der Waals surface area contributed by atoms with Crippen molar-refractivity contribution in [1.82, 2.24) is 15.0 Å². The van der Waals surface area contributed by atoms with Gasteiger partial charge in [-0.15, -0.1) is 12.4 Å². The van der Waals surface area contributed by atoms with Crippen molar-refractivity contribution in [3.63, 3.8) is 0 Å². The first kappa shape index (κ1) is 21.6. The highest BCUT2D eigenvalue weighted by molar-refractivity contribution is 5.85. The molecule has 1 saturated heterocycles. The molecule has 7 nitrogen and oxygen atoms in total. The zero-order valence-corrected chi connectivity index (χ0v) is 18.3. The van der Waals surface area contributed by atoms with Crippen LogP contribution in [-0.4, -0.2) is 35.2 Å². The van der Waals surface area contributed by atoms with Crippen LogP contribution >= 0.6 is 12.4 Å². The number of aromatic nitrogens is 3. The van der Waals surface area contributed by atoms with Crippen LogP contribution in [0, 0.1) is 13.8 Å². The van der Waals surface area contributed by atoms with Crippen LogP contribution in [0.15, 0.2) is 42.5 Å². The quantitative estimate of drug-likeness (QED) is 0.574. The van der Waals surface area contributed by atoms with Crippen LogP contribution in [0.2, 0.25) is 0 Å². The van der Waals surface area contributed by atoms with Crippen molar-refractivity contribution in [3.05, 3.63) is 53.6 Å². The molecule has 0 amide bonds. The van der Waals surface area contributed by atoms with E-state index in [2.05, 4.69) is 56.5 Å². The monoisotopic (exact) mass is 426 g/mol. The Kier molecular flexibility index (Phi) is 6.95. The van der Waals surface area contributed by atoms with Gasteiger partial charge in [-0.25, -0.2) is 0 Å². The fourth-order valence-corrected chi connectivity index (χ4v) is 3.29. The minimum absolute atomic E-state index is 0. The molecule has 0 unspecified atom stereocenters. The van der Waals surface area contributed by atoms with Gasteiger partial charge in [0.05, 0.1) is 7.11 Å². The topological polar surface area (TPSA) is 75.2 Å². The molecular formula is C22H27ClN6O. The average Bonchev–Trinajstić information content (AvgIpc) is 3.26. The number of halogens is 1. The van der Waals surface area contributed by atoms with Crippen LogP contribution in [0.3, 0.4) is 0 Å². The lowest BCUT2D eigenvalue weighted by Gasteiger charge is -2.17. The fourth-order valence-electron chi connectivity index (χ4n) is 3.29. The summed E-state index contributed by atoms with van der Waals surface area (Å²) in [6, 6.07) is 13.9. The van der Waals surface area contributed by atoms with Gasteiger partial charge in [-0.05, 0) is 74.2 Å². The van der Waals surface area contributed by atoms with Crippen molar-refractivity contribution in [2.75, 3.05) is 35.7 Å². The molecule has 2 heterocycles. The molecule has 0 spiro atoms. The van der Waals surface area contributed by atoms with Crippen LogP contribution < -0.4 is 20.3 Å². The summed E-state index contributed by atoms with van der Waals surface area (Å²) in [5, 5.41) is 6.61. The van der Waals surface area contributed by atoms with E-state index < -0.39 is 0 Å². The van der Waals surface area contributed by atoms with E-state index in [1.54, 1.807) is 7.11 Å². The maximum atomic E-state index is 5.22. The molecule has 4 rings (SSSR count). The largest absolute Gasteiger partial charge is 0.497 e. The van der Waals surface area contributed by atoms with E-state index in [9.17, 15) is 0 Å². The number of benzene rings is 2. The summed E-state index contributed by atoms with van der Waals surface area (Å²) in [6.07, 6.45) is 2.32. The summed E-state index contributed by atoms with van der Waals surface area (Å²) in [6.45, 7) is 6.13. The standard InChI is InChI=1S/C22H26N6O.ClH/c1-15-6-7-18(14-16(15)2)24-21-25-20(23-17-8-10-19(29-3)11-9-17)26-22(27-21)28-12-4-5-13-28;/h6-11,14H,4-5,12-13H2,1-3H3,(H2,23,24,25,26,27);1H. The first-order valence-electron chi connectivity index (χ1n) is 9.87. The maximum absolute atomic E-state index is 5.22. The van der Waals surface area contributed by atoms with Crippen LogP contribution in [0.25, 0.3) is 0 Å². The van der Waals surface area contributed by atoms with Crippen LogP contribution in [0.5, 0.6) is 5.75 Å². The highest BCUT2D eigenvalue weighted by atomic mass is 35.5. The second-order valence-corrected chi connectivity index (χ2v) is 7.25. The van der Waals surface area contributed by atoms with Gasteiger partial charge in [-0.2, -0.15) is 15.0 Å². The highest BCUT2D eigenvalue weighted by Gasteiger charge is 2.18. The number of aryl methyl sites for hydroxylation is 2. The van der Waals surface area contributed by atoms with E-state index in [1.165, 1.54) is 11.1 Å². The number of hydrogen-bond donors (Lipinski definition) is 2. The molecular weight excluding hydrogens is 400 g/mol. The van der Waals surface area contributed by atoms with Crippen molar-refractivity contribution in [2.24, 2.45) is 0 Å². The van der Waals surface area contributed by atoms with Crippen LogP contribution in [0.1, 0.15) is 24.0 Å². The van der Waals surface area contributed by atoms with Gasteiger partial charge in [0.1, 0.15) is 5.75 Å². The third-order valence-corrected chi connectivity index (χ3v) is 5.12. The van der Waals surface area contributed by atoms with E-state index in [-0.39, 0.29) is 12.4 Å². The summed E-state index contributed by atoms with van der Waals surface area (Å²) in [4.78, 5) is 16.1. The molecule has 0 radical (unpaired) electrons. The first-order chi connectivity index (χ1) is 14.1. The Balaban J connectivity index is 0.00000256. The van der Waals surface area contributed by atoms with Gasteiger partial charge < -0.3 is 20.3 Å². The molecule has 2 aromatic carbocycles. The third-order valence-electron chi connectivity index (χ3n) is 5.12. The van der Waals surface area contributed by atoms with E-state index in [0.717, 1.165) is 43.1 Å². The van der Waals surface area contributed by atoms with Crippen molar-refractivity contribution >= 4 is 41.6 Å². The Morgan fingerprint density at radius 2 is 1.40 bits per heavy atom. The van der Waals surface area contributed by atoms with E-state index in [4.69, 9.17) is 4.74 Å². The van der Waals surface area contributed by atoms with Crippen molar-refractivity contribution < 1.29 is 4.74 Å². The number of ether oxygens (including phenoxy) is 1. The lowest BCUT2D eigenvalue weighted by molar-refractivity contribution is 0.415. The SMILES string of the molecule is COc1ccc(Nc2nc(Nc3ccc(C)c(C)c3)nc(N3CCCC3)n2)cc1.Cl. The summed E-state index contributed by atoms with van der Waals surface area (Å²) in [7, 11) is 1.65. The molecule has 0 saturated carbocycles. The molecule has 158 valence electrons. The van der Waals surface area contributed by atoms with E-state index in [1.807, 2.05) is 30.3 Å². The summed E-state index contributed by atoms with van der Waals surface area (Å²) >= 11 is 0. The second kappa shape index (κ2) is 9.63. The van der Waals surface area contributed by atoms with Gasteiger partial charge in [0.15, 0.2) is 0 Å². The van der Waals surface area contributed by atoms with Crippen LogP contribution in [-0.2, 0) is 0 Å². The Hall–Kier alpha value is -3.06.